The molecular formula is C13H19NO4. The zero-order chi connectivity index (χ0) is 13.9. The Morgan fingerprint density at radius 1 is 1.33 bits per heavy atom. The molecule has 0 aliphatic carbocycles. The molecule has 5 nitrogen and oxygen atoms in total. The van der Waals surface area contributed by atoms with Gasteiger partial charge in [0.15, 0.2) is 11.5 Å². The van der Waals surface area contributed by atoms with E-state index in [1.165, 1.54) is 7.11 Å². The molecule has 0 radical (unpaired) electrons. The predicted molar refractivity (Wildman–Crippen MR) is 68.5 cm³/mol. The first-order valence-electron chi connectivity index (χ1n) is 5.62. The molecule has 1 rings (SSSR count). The Morgan fingerprint density at radius 2 is 1.89 bits per heavy atom. The van der Waals surface area contributed by atoms with Crippen molar-refractivity contribution in [3.8, 4) is 11.5 Å². The van der Waals surface area contributed by atoms with Crippen LogP contribution in [0.5, 0.6) is 11.5 Å². The Morgan fingerprint density at radius 3 is 2.28 bits per heavy atom. The Bertz CT molecular complexity index is 457. The van der Waals surface area contributed by atoms with E-state index < -0.39 is 11.9 Å². The van der Waals surface area contributed by atoms with E-state index in [2.05, 4.69) is 0 Å². The number of benzene rings is 1. The molecule has 0 amide bonds. The lowest BCUT2D eigenvalue weighted by atomic mass is 9.92. The van der Waals surface area contributed by atoms with E-state index >= 15 is 0 Å². The van der Waals surface area contributed by atoms with Gasteiger partial charge in [0.05, 0.1) is 20.1 Å². The van der Waals surface area contributed by atoms with Crippen molar-refractivity contribution in [2.45, 2.75) is 19.8 Å². The maximum atomic E-state index is 11.2. The van der Waals surface area contributed by atoms with E-state index in [0.717, 1.165) is 11.1 Å². The lowest BCUT2D eigenvalue weighted by molar-refractivity contribution is -0.138. The molecule has 0 heterocycles. The van der Waals surface area contributed by atoms with Crippen LogP contribution in [0.2, 0.25) is 0 Å². The molecule has 0 aliphatic rings. The van der Waals surface area contributed by atoms with E-state index in [1.807, 2.05) is 13.8 Å². The Hall–Kier alpha value is -1.75. The van der Waals surface area contributed by atoms with Crippen LogP contribution < -0.4 is 15.2 Å². The zero-order valence-corrected chi connectivity index (χ0v) is 11.1. The number of carboxylic acid groups (broad SMARTS) is 1. The lowest BCUT2D eigenvalue weighted by Gasteiger charge is -2.20. The van der Waals surface area contributed by atoms with E-state index in [4.69, 9.17) is 15.2 Å². The van der Waals surface area contributed by atoms with Gasteiger partial charge in [0.25, 0.3) is 0 Å². The maximum absolute atomic E-state index is 11.2. The van der Waals surface area contributed by atoms with Crippen LogP contribution in [0.1, 0.15) is 22.6 Å². The van der Waals surface area contributed by atoms with Crippen molar-refractivity contribution in [2.75, 3.05) is 20.8 Å². The first kappa shape index (κ1) is 14.3. The smallest absolute Gasteiger partial charge is 0.312 e. The summed E-state index contributed by atoms with van der Waals surface area (Å²) in [6.07, 6.45) is 0. The number of aliphatic carboxylic acids is 1. The largest absolute Gasteiger partial charge is 0.493 e. The van der Waals surface area contributed by atoms with E-state index in [0.29, 0.717) is 17.1 Å². The first-order chi connectivity index (χ1) is 8.47. The molecule has 18 heavy (non-hydrogen) atoms. The summed E-state index contributed by atoms with van der Waals surface area (Å²) in [5.41, 5.74) is 7.78. The van der Waals surface area contributed by atoms with Gasteiger partial charge in [0.1, 0.15) is 0 Å². The fraction of sp³-hybridized carbons (Fsp3) is 0.462. The van der Waals surface area contributed by atoms with Gasteiger partial charge in [0.2, 0.25) is 0 Å². The van der Waals surface area contributed by atoms with Gasteiger partial charge in [-0.25, -0.2) is 0 Å². The zero-order valence-electron chi connectivity index (χ0n) is 11.1. The van der Waals surface area contributed by atoms with Crippen molar-refractivity contribution in [1.29, 1.82) is 0 Å². The second-order valence-electron chi connectivity index (χ2n) is 4.10. The molecule has 0 aliphatic heterocycles. The molecule has 3 N–H and O–H groups in total. The van der Waals surface area contributed by atoms with Crippen LogP contribution in [0.4, 0.5) is 0 Å². The molecule has 0 saturated carbocycles. The molecule has 100 valence electrons. The van der Waals surface area contributed by atoms with Gasteiger partial charge in [-0.2, -0.15) is 0 Å². The highest BCUT2D eigenvalue weighted by Crippen LogP contribution is 2.38. The van der Waals surface area contributed by atoms with Crippen molar-refractivity contribution in [3.63, 3.8) is 0 Å². The molecule has 0 bridgehead atoms. The number of hydrogen-bond acceptors (Lipinski definition) is 4. The summed E-state index contributed by atoms with van der Waals surface area (Å²) in [6, 6.07) is 1.79. The molecule has 0 saturated heterocycles. The summed E-state index contributed by atoms with van der Waals surface area (Å²) in [7, 11) is 3.09. The molecule has 5 heteroatoms. The van der Waals surface area contributed by atoms with Crippen LogP contribution in [0.3, 0.4) is 0 Å². The van der Waals surface area contributed by atoms with Crippen LogP contribution in [-0.2, 0) is 4.79 Å². The second kappa shape index (κ2) is 5.73. The number of carbonyl (C=O) groups is 1. The summed E-state index contributed by atoms with van der Waals surface area (Å²) in [5, 5.41) is 9.18. The molecule has 0 spiro atoms. The number of hydrogen-bond donors (Lipinski definition) is 2. The van der Waals surface area contributed by atoms with Crippen LogP contribution in [0, 0.1) is 13.8 Å². The standard InChI is InChI=1S/C13H19NO4/c1-7-5-9(10(6-14)13(15)16)8(2)12(18-4)11(7)17-3/h5,10H,6,14H2,1-4H3,(H,15,16). The summed E-state index contributed by atoms with van der Waals surface area (Å²) in [4.78, 5) is 11.2. The minimum Gasteiger partial charge on any atom is -0.493 e. The van der Waals surface area contributed by atoms with Crippen molar-refractivity contribution >= 4 is 5.97 Å². The average Bonchev–Trinajstić information content (AvgIpc) is 2.32. The van der Waals surface area contributed by atoms with E-state index in [-0.39, 0.29) is 6.54 Å². The second-order valence-corrected chi connectivity index (χ2v) is 4.10. The maximum Gasteiger partial charge on any atom is 0.312 e. The molecule has 0 fully saturated rings. The highest BCUT2D eigenvalue weighted by Gasteiger charge is 2.24. The van der Waals surface area contributed by atoms with Crippen molar-refractivity contribution < 1.29 is 19.4 Å². The number of nitrogens with two attached hydrogens (primary N) is 1. The molecule has 0 aromatic heterocycles. The number of carboxylic acids is 1. The van der Waals surface area contributed by atoms with Crippen LogP contribution in [0.25, 0.3) is 0 Å². The van der Waals surface area contributed by atoms with E-state index in [1.54, 1.807) is 13.2 Å². The third-order valence-electron chi connectivity index (χ3n) is 3.03. The van der Waals surface area contributed by atoms with Crippen molar-refractivity contribution in [3.05, 3.63) is 22.8 Å². The minimum absolute atomic E-state index is 0.0467. The Labute approximate surface area is 107 Å². The Kier molecular flexibility index (Phi) is 4.55. The fourth-order valence-corrected chi connectivity index (χ4v) is 2.11. The van der Waals surface area contributed by atoms with Crippen molar-refractivity contribution in [2.24, 2.45) is 5.73 Å². The van der Waals surface area contributed by atoms with Gasteiger partial charge < -0.3 is 20.3 Å². The topological polar surface area (TPSA) is 81.8 Å². The average molecular weight is 253 g/mol. The summed E-state index contributed by atoms with van der Waals surface area (Å²) in [5.74, 6) is -0.483. The molecule has 1 unspecified atom stereocenters. The third kappa shape index (κ3) is 2.41. The molecule has 1 atom stereocenters. The normalized spacial score (nSPS) is 12.1. The highest BCUT2D eigenvalue weighted by atomic mass is 16.5. The van der Waals surface area contributed by atoms with Gasteiger partial charge in [-0.1, -0.05) is 6.07 Å². The first-order valence-corrected chi connectivity index (χ1v) is 5.62. The van der Waals surface area contributed by atoms with Gasteiger partial charge in [0, 0.05) is 6.54 Å². The Balaban J connectivity index is 3.47. The predicted octanol–water partition coefficient (Wildman–Crippen LogP) is 1.45. The number of aryl methyl sites for hydroxylation is 1. The van der Waals surface area contributed by atoms with Crippen molar-refractivity contribution in [1.82, 2.24) is 0 Å². The van der Waals surface area contributed by atoms with Crippen LogP contribution in [0.15, 0.2) is 6.07 Å². The van der Waals surface area contributed by atoms with Crippen LogP contribution in [-0.4, -0.2) is 31.8 Å². The molecule has 1 aromatic rings. The number of ether oxygens (including phenoxy) is 2. The monoisotopic (exact) mass is 253 g/mol. The number of methoxy groups -OCH3 is 2. The quantitative estimate of drug-likeness (QED) is 0.830. The lowest BCUT2D eigenvalue weighted by Crippen LogP contribution is -2.22. The molecule has 1 aromatic carbocycles. The van der Waals surface area contributed by atoms with Gasteiger partial charge >= 0.3 is 5.97 Å². The highest BCUT2D eigenvalue weighted by molar-refractivity contribution is 5.78. The van der Waals surface area contributed by atoms with Gasteiger partial charge in [-0.05, 0) is 30.5 Å². The van der Waals surface area contributed by atoms with Gasteiger partial charge in [-0.3, -0.25) is 4.79 Å². The van der Waals surface area contributed by atoms with E-state index in [9.17, 15) is 9.90 Å². The minimum atomic E-state index is -0.938. The van der Waals surface area contributed by atoms with Crippen LogP contribution >= 0.6 is 0 Å². The number of rotatable bonds is 5. The fourth-order valence-electron chi connectivity index (χ4n) is 2.11. The summed E-state index contributed by atoms with van der Waals surface area (Å²) < 4.78 is 10.6. The van der Waals surface area contributed by atoms with Gasteiger partial charge in [-0.15, -0.1) is 0 Å². The molecular weight excluding hydrogens is 234 g/mol. The SMILES string of the molecule is COc1c(C)cc(C(CN)C(=O)O)c(C)c1OC. The summed E-state index contributed by atoms with van der Waals surface area (Å²) >= 11 is 0. The summed E-state index contributed by atoms with van der Waals surface area (Å²) in [6.45, 7) is 3.70. The third-order valence-corrected chi connectivity index (χ3v) is 3.03.